The molecule has 0 aromatic carbocycles. The zero-order valence-corrected chi connectivity index (χ0v) is 8.19. The summed E-state index contributed by atoms with van der Waals surface area (Å²) in [5.41, 5.74) is 0.221. The van der Waals surface area contributed by atoms with Crippen molar-refractivity contribution in [3.63, 3.8) is 0 Å². The number of rotatable bonds is 2. The number of nitrogens with zero attached hydrogens (tertiary/aromatic N) is 3. The third kappa shape index (κ3) is 2.29. The molecule has 15 heavy (non-hydrogen) atoms. The van der Waals surface area contributed by atoms with Crippen LogP contribution in [0, 0.1) is 0 Å². The maximum Gasteiger partial charge on any atom is 0.276 e. The van der Waals surface area contributed by atoms with E-state index in [1.54, 1.807) is 6.07 Å². The van der Waals surface area contributed by atoms with Gasteiger partial charge in [-0.3, -0.25) is 15.1 Å². The predicted molar refractivity (Wildman–Crippen MR) is 53.6 cm³/mol. The smallest absolute Gasteiger partial charge is 0.276 e. The molecule has 76 valence electrons. The molecule has 0 radical (unpaired) electrons. The zero-order chi connectivity index (χ0) is 10.7. The largest absolute Gasteiger partial charge is 0.289 e. The van der Waals surface area contributed by atoms with E-state index in [-0.39, 0.29) is 11.6 Å². The lowest BCUT2D eigenvalue weighted by molar-refractivity contribution is 0.102. The van der Waals surface area contributed by atoms with Crippen LogP contribution in [0.2, 0.25) is 5.02 Å². The number of carbonyl (C=O) groups is 1. The van der Waals surface area contributed by atoms with E-state index < -0.39 is 5.91 Å². The molecule has 0 aliphatic heterocycles. The molecule has 2 rings (SSSR count). The molecule has 0 aliphatic carbocycles. The van der Waals surface area contributed by atoms with Crippen molar-refractivity contribution in [3.05, 3.63) is 35.4 Å². The molecule has 2 aromatic heterocycles. The van der Waals surface area contributed by atoms with E-state index in [9.17, 15) is 4.79 Å². The molecule has 0 atom stereocenters. The number of pyridine rings is 1. The fourth-order valence-electron chi connectivity index (χ4n) is 0.966. The summed E-state index contributed by atoms with van der Waals surface area (Å²) in [5.74, 6) is -0.129. The quantitative estimate of drug-likeness (QED) is 0.799. The monoisotopic (exact) mass is 223 g/mol. The van der Waals surface area contributed by atoms with Crippen LogP contribution in [-0.4, -0.2) is 26.1 Å². The first-order chi connectivity index (χ1) is 7.25. The van der Waals surface area contributed by atoms with Crippen molar-refractivity contribution in [3.8, 4) is 0 Å². The molecule has 2 heterocycles. The second-order valence-corrected chi connectivity index (χ2v) is 3.08. The Morgan fingerprint density at radius 3 is 3.00 bits per heavy atom. The fraction of sp³-hybridized carbons (Fsp3) is 0. The molecule has 0 spiro atoms. The first-order valence-corrected chi connectivity index (χ1v) is 4.42. The van der Waals surface area contributed by atoms with Gasteiger partial charge in [0.1, 0.15) is 12.0 Å². The SMILES string of the molecule is O=C(Nc1ncn[nH]1)c1cc(Cl)ccn1. The molecule has 2 aromatic rings. The Bertz CT molecular complexity index is 470. The topological polar surface area (TPSA) is 83.6 Å². The van der Waals surface area contributed by atoms with E-state index in [4.69, 9.17) is 11.6 Å². The lowest BCUT2D eigenvalue weighted by atomic mass is 10.3. The lowest BCUT2D eigenvalue weighted by Crippen LogP contribution is -2.14. The van der Waals surface area contributed by atoms with E-state index in [2.05, 4.69) is 25.5 Å². The van der Waals surface area contributed by atoms with Crippen LogP contribution in [0.3, 0.4) is 0 Å². The van der Waals surface area contributed by atoms with Crippen molar-refractivity contribution in [2.45, 2.75) is 0 Å². The summed E-state index contributed by atoms with van der Waals surface area (Å²) >= 11 is 5.72. The molecule has 0 bridgehead atoms. The Kier molecular flexibility index (Phi) is 2.59. The summed E-state index contributed by atoms with van der Waals surface area (Å²) in [6.45, 7) is 0. The maximum absolute atomic E-state index is 11.5. The molecule has 2 N–H and O–H groups in total. The highest BCUT2D eigenvalue weighted by Crippen LogP contribution is 2.08. The summed E-state index contributed by atoms with van der Waals surface area (Å²) in [6, 6.07) is 3.06. The van der Waals surface area contributed by atoms with Gasteiger partial charge < -0.3 is 0 Å². The number of nitrogens with one attached hydrogen (secondary N) is 2. The minimum absolute atomic E-state index is 0.221. The van der Waals surface area contributed by atoms with Crippen molar-refractivity contribution in [2.24, 2.45) is 0 Å². The Balaban J connectivity index is 2.15. The van der Waals surface area contributed by atoms with Crippen LogP contribution >= 0.6 is 11.6 Å². The highest BCUT2D eigenvalue weighted by atomic mass is 35.5. The van der Waals surface area contributed by atoms with Crippen molar-refractivity contribution in [2.75, 3.05) is 5.32 Å². The van der Waals surface area contributed by atoms with Gasteiger partial charge in [0.25, 0.3) is 5.91 Å². The molecule has 0 unspecified atom stereocenters. The van der Waals surface area contributed by atoms with Crippen LogP contribution in [0.4, 0.5) is 5.95 Å². The molecular weight excluding hydrogens is 218 g/mol. The predicted octanol–water partition coefficient (Wildman–Crippen LogP) is 1.11. The average Bonchev–Trinajstić information content (AvgIpc) is 2.70. The highest BCUT2D eigenvalue weighted by Gasteiger charge is 2.08. The first kappa shape index (κ1) is 9.60. The van der Waals surface area contributed by atoms with Crippen molar-refractivity contribution in [1.29, 1.82) is 0 Å². The van der Waals surface area contributed by atoms with Gasteiger partial charge in [0.15, 0.2) is 0 Å². The number of anilines is 1. The van der Waals surface area contributed by atoms with Gasteiger partial charge in [-0.25, -0.2) is 5.10 Å². The number of carbonyl (C=O) groups excluding carboxylic acids is 1. The van der Waals surface area contributed by atoms with Crippen LogP contribution in [0.1, 0.15) is 10.5 Å². The van der Waals surface area contributed by atoms with Gasteiger partial charge in [-0.05, 0) is 12.1 Å². The summed E-state index contributed by atoms with van der Waals surface area (Å²) in [7, 11) is 0. The Morgan fingerprint density at radius 2 is 2.33 bits per heavy atom. The first-order valence-electron chi connectivity index (χ1n) is 4.04. The number of hydrogen-bond donors (Lipinski definition) is 2. The minimum Gasteiger partial charge on any atom is -0.289 e. The second-order valence-electron chi connectivity index (χ2n) is 2.65. The van der Waals surface area contributed by atoms with Crippen LogP contribution < -0.4 is 5.32 Å². The maximum atomic E-state index is 11.5. The zero-order valence-electron chi connectivity index (χ0n) is 7.44. The van der Waals surface area contributed by atoms with Crippen molar-refractivity contribution < 1.29 is 4.79 Å². The molecule has 6 nitrogen and oxygen atoms in total. The highest BCUT2D eigenvalue weighted by molar-refractivity contribution is 6.30. The Labute approximate surface area is 89.7 Å². The number of H-pyrrole nitrogens is 1. The van der Waals surface area contributed by atoms with E-state index in [1.807, 2.05) is 0 Å². The van der Waals surface area contributed by atoms with Crippen LogP contribution in [0.15, 0.2) is 24.7 Å². The van der Waals surface area contributed by atoms with Crippen LogP contribution in [-0.2, 0) is 0 Å². The average molecular weight is 224 g/mol. The lowest BCUT2D eigenvalue weighted by Gasteiger charge is -2.00. The summed E-state index contributed by atoms with van der Waals surface area (Å²) in [6.07, 6.45) is 2.75. The van der Waals surface area contributed by atoms with Gasteiger partial charge in [0.05, 0.1) is 0 Å². The molecular formula is C8H6ClN5O. The standard InChI is InChI=1S/C8H6ClN5O/c9-5-1-2-10-6(3-5)7(15)13-8-11-4-12-14-8/h1-4H,(H2,11,12,13,14,15). The van der Waals surface area contributed by atoms with E-state index in [1.165, 1.54) is 18.6 Å². The van der Waals surface area contributed by atoms with Gasteiger partial charge >= 0.3 is 0 Å². The van der Waals surface area contributed by atoms with Crippen LogP contribution in [0.25, 0.3) is 0 Å². The Hall–Kier alpha value is -1.95. The van der Waals surface area contributed by atoms with Crippen molar-refractivity contribution >= 4 is 23.5 Å². The summed E-state index contributed by atoms with van der Waals surface area (Å²) < 4.78 is 0. The molecule has 0 saturated heterocycles. The molecule has 0 saturated carbocycles. The number of hydrogen-bond acceptors (Lipinski definition) is 4. The van der Waals surface area contributed by atoms with E-state index in [0.717, 1.165) is 0 Å². The third-order valence-electron chi connectivity index (χ3n) is 1.60. The van der Waals surface area contributed by atoms with Gasteiger partial charge in [-0.2, -0.15) is 10.1 Å². The van der Waals surface area contributed by atoms with E-state index >= 15 is 0 Å². The van der Waals surface area contributed by atoms with Gasteiger partial charge in [0.2, 0.25) is 5.95 Å². The molecule has 0 aliphatic rings. The van der Waals surface area contributed by atoms with Crippen molar-refractivity contribution in [1.82, 2.24) is 20.2 Å². The third-order valence-corrected chi connectivity index (χ3v) is 1.84. The molecule has 7 heteroatoms. The number of halogens is 1. The summed E-state index contributed by atoms with van der Waals surface area (Å²) in [5, 5.41) is 9.02. The number of aromatic amines is 1. The van der Waals surface area contributed by atoms with E-state index in [0.29, 0.717) is 5.02 Å². The van der Waals surface area contributed by atoms with Gasteiger partial charge in [0, 0.05) is 11.2 Å². The Morgan fingerprint density at radius 1 is 1.47 bits per heavy atom. The summed E-state index contributed by atoms with van der Waals surface area (Å²) in [4.78, 5) is 19.2. The second kappa shape index (κ2) is 4.05. The van der Waals surface area contributed by atoms with Gasteiger partial charge in [-0.1, -0.05) is 11.6 Å². The fourth-order valence-corrected chi connectivity index (χ4v) is 1.13. The molecule has 1 amide bonds. The normalized spacial score (nSPS) is 9.93. The minimum atomic E-state index is -0.394. The van der Waals surface area contributed by atoms with Crippen LogP contribution in [0.5, 0.6) is 0 Å². The molecule has 0 fully saturated rings. The number of aromatic nitrogens is 4. The number of amides is 1. The van der Waals surface area contributed by atoms with Gasteiger partial charge in [-0.15, -0.1) is 0 Å².